The van der Waals surface area contributed by atoms with Crippen LogP contribution in [0.25, 0.3) is 11.8 Å². The average molecular weight is 450 g/mol. The SMILES string of the molecule is Cc1ccc(-n2c(C)cc(/C=C3/C(=O)NC(=S)N(c4ccccc4Cl)C3=O)c2C)cc1. The lowest BCUT2D eigenvalue weighted by atomic mass is 10.1. The molecule has 0 atom stereocenters. The predicted molar refractivity (Wildman–Crippen MR) is 128 cm³/mol. The highest BCUT2D eigenvalue weighted by Crippen LogP contribution is 2.30. The number of para-hydroxylation sites is 1. The highest BCUT2D eigenvalue weighted by molar-refractivity contribution is 7.80. The Morgan fingerprint density at radius 1 is 1.00 bits per heavy atom. The molecule has 0 spiro atoms. The minimum absolute atomic E-state index is 0.00215. The number of hydrogen-bond acceptors (Lipinski definition) is 3. The maximum absolute atomic E-state index is 13.3. The van der Waals surface area contributed by atoms with Crippen molar-refractivity contribution in [1.29, 1.82) is 0 Å². The van der Waals surface area contributed by atoms with E-state index in [0.717, 1.165) is 22.6 Å². The molecule has 2 heterocycles. The van der Waals surface area contributed by atoms with E-state index in [1.807, 2.05) is 51.1 Å². The molecular formula is C24H20ClN3O2S. The maximum atomic E-state index is 13.3. The molecule has 0 aliphatic carbocycles. The molecule has 156 valence electrons. The summed E-state index contributed by atoms with van der Waals surface area (Å²) in [7, 11) is 0. The van der Waals surface area contributed by atoms with Crippen molar-refractivity contribution >= 4 is 52.5 Å². The van der Waals surface area contributed by atoms with Gasteiger partial charge < -0.3 is 4.57 Å². The molecule has 1 N–H and O–H groups in total. The number of nitrogens with zero attached hydrogens (tertiary/aromatic N) is 2. The van der Waals surface area contributed by atoms with Gasteiger partial charge >= 0.3 is 0 Å². The molecule has 1 aromatic heterocycles. The smallest absolute Gasteiger partial charge is 0.270 e. The molecule has 1 saturated heterocycles. The second-order valence-electron chi connectivity index (χ2n) is 7.41. The summed E-state index contributed by atoms with van der Waals surface area (Å²) in [5, 5.41) is 2.97. The minimum atomic E-state index is -0.529. The van der Waals surface area contributed by atoms with Gasteiger partial charge in [-0.3, -0.25) is 19.8 Å². The fourth-order valence-corrected chi connectivity index (χ4v) is 4.18. The Bertz CT molecular complexity index is 1260. The summed E-state index contributed by atoms with van der Waals surface area (Å²) in [5.74, 6) is -1.04. The van der Waals surface area contributed by atoms with Gasteiger partial charge in [-0.2, -0.15) is 0 Å². The molecule has 3 aromatic rings. The summed E-state index contributed by atoms with van der Waals surface area (Å²) in [6.07, 6.45) is 1.61. The molecule has 0 saturated carbocycles. The number of hydrogen-bond donors (Lipinski definition) is 1. The van der Waals surface area contributed by atoms with Gasteiger partial charge in [0.1, 0.15) is 5.57 Å². The Hall–Kier alpha value is -3.22. The normalized spacial score (nSPS) is 15.5. The molecule has 2 aromatic carbocycles. The van der Waals surface area contributed by atoms with Crippen molar-refractivity contribution in [1.82, 2.24) is 9.88 Å². The first-order valence-electron chi connectivity index (χ1n) is 9.70. The average Bonchev–Trinajstić information content (AvgIpc) is 3.00. The second-order valence-corrected chi connectivity index (χ2v) is 8.20. The molecular weight excluding hydrogens is 430 g/mol. The van der Waals surface area contributed by atoms with Crippen LogP contribution in [-0.4, -0.2) is 21.5 Å². The van der Waals surface area contributed by atoms with E-state index in [4.69, 9.17) is 23.8 Å². The summed E-state index contributed by atoms with van der Waals surface area (Å²) >= 11 is 11.5. The molecule has 7 heteroatoms. The molecule has 1 aliphatic heterocycles. The topological polar surface area (TPSA) is 54.3 Å². The molecule has 0 radical (unpaired) electrons. The quantitative estimate of drug-likeness (QED) is 0.352. The van der Waals surface area contributed by atoms with Crippen LogP contribution >= 0.6 is 23.8 Å². The third-order valence-corrected chi connectivity index (χ3v) is 5.86. The van der Waals surface area contributed by atoms with E-state index in [1.54, 1.807) is 30.3 Å². The Morgan fingerprint density at radius 3 is 2.35 bits per heavy atom. The van der Waals surface area contributed by atoms with Crippen LogP contribution in [0, 0.1) is 20.8 Å². The van der Waals surface area contributed by atoms with Crippen LogP contribution in [0.1, 0.15) is 22.5 Å². The van der Waals surface area contributed by atoms with E-state index in [1.165, 1.54) is 10.5 Å². The van der Waals surface area contributed by atoms with Crippen LogP contribution in [-0.2, 0) is 9.59 Å². The second kappa shape index (κ2) is 8.13. The number of thiocarbonyl (C=S) groups is 1. The zero-order valence-electron chi connectivity index (χ0n) is 17.3. The predicted octanol–water partition coefficient (Wildman–Crippen LogP) is 4.89. The molecule has 1 fully saturated rings. The number of aryl methyl sites for hydroxylation is 2. The van der Waals surface area contributed by atoms with Crippen molar-refractivity contribution < 1.29 is 9.59 Å². The molecule has 4 rings (SSSR count). The largest absolute Gasteiger partial charge is 0.318 e. The van der Waals surface area contributed by atoms with Crippen molar-refractivity contribution in [3.8, 4) is 5.69 Å². The first-order chi connectivity index (χ1) is 14.8. The molecule has 1 aliphatic rings. The summed E-state index contributed by atoms with van der Waals surface area (Å²) < 4.78 is 2.09. The van der Waals surface area contributed by atoms with Crippen molar-refractivity contribution in [3.63, 3.8) is 0 Å². The van der Waals surface area contributed by atoms with Crippen molar-refractivity contribution in [3.05, 3.63) is 87.7 Å². The lowest BCUT2D eigenvalue weighted by molar-refractivity contribution is -0.122. The number of aromatic nitrogens is 1. The molecule has 2 amide bonds. The van der Waals surface area contributed by atoms with Gasteiger partial charge in [0, 0.05) is 17.1 Å². The molecule has 0 bridgehead atoms. The Balaban J connectivity index is 1.77. The number of halogens is 1. The van der Waals surface area contributed by atoms with Crippen LogP contribution < -0.4 is 10.2 Å². The highest BCUT2D eigenvalue weighted by atomic mass is 35.5. The Morgan fingerprint density at radius 2 is 1.68 bits per heavy atom. The number of anilines is 1. The van der Waals surface area contributed by atoms with Gasteiger partial charge in [0.05, 0.1) is 10.7 Å². The number of amides is 2. The monoisotopic (exact) mass is 449 g/mol. The van der Waals surface area contributed by atoms with Gasteiger partial charge in [0.15, 0.2) is 5.11 Å². The lowest BCUT2D eigenvalue weighted by Crippen LogP contribution is -2.54. The van der Waals surface area contributed by atoms with Gasteiger partial charge in [0.25, 0.3) is 11.8 Å². The van der Waals surface area contributed by atoms with E-state index < -0.39 is 11.8 Å². The number of carbonyl (C=O) groups excluding carboxylic acids is 2. The van der Waals surface area contributed by atoms with Crippen LogP contribution in [0.3, 0.4) is 0 Å². The van der Waals surface area contributed by atoms with Crippen molar-refractivity contribution in [2.45, 2.75) is 20.8 Å². The zero-order valence-corrected chi connectivity index (χ0v) is 18.8. The van der Waals surface area contributed by atoms with E-state index >= 15 is 0 Å². The fraction of sp³-hybridized carbons (Fsp3) is 0.125. The first kappa shape index (κ1) is 21.0. The number of nitrogens with one attached hydrogen (secondary N) is 1. The maximum Gasteiger partial charge on any atom is 0.270 e. The van der Waals surface area contributed by atoms with E-state index in [0.29, 0.717) is 10.7 Å². The molecule has 0 unspecified atom stereocenters. The van der Waals surface area contributed by atoms with Crippen LogP contribution in [0.4, 0.5) is 5.69 Å². The van der Waals surface area contributed by atoms with Crippen molar-refractivity contribution in [2.24, 2.45) is 0 Å². The third-order valence-electron chi connectivity index (χ3n) is 5.26. The standard InChI is InChI=1S/C24H20ClN3O2S/c1-14-8-10-18(11-9-14)27-15(2)12-17(16(27)3)13-19-22(29)26-24(31)28(23(19)30)21-7-5-4-6-20(21)25/h4-13H,1-3H3,(H,26,29,31)/b19-13-. The first-order valence-corrected chi connectivity index (χ1v) is 10.5. The van der Waals surface area contributed by atoms with Crippen LogP contribution in [0.5, 0.6) is 0 Å². The van der Waals surface area contributed by atoms with Gasteiger partial charge in [-0.15, -0.1) is 0 Å². The Labute approximate surface area is 190 Å². The van der Waals surface area contributed by atoms with E-state index in [-0.39, 0.29) is 10.7 Å². The third kappa shape index (κ3) is 3.80. The number of rotatable bonds is 3. The Kier molecular flexibility index (Phi) is 5.52. The van der Waals surface area contributed by atoms with Gasteiger partial charge in [-0.1, -0.05) is 41.4 Å². The van der Waals surface area contributed by atoms with Crippen LogP contribution in [0.2, 0.25) is 5.02 Å². The highest BCUT2D eigenvalue weighted by Gasteiger charge is 2.35. The summed E-state index contributed by atoms with van der Waals surface area (Å²) in [5.41, 5.74) is 5.32. The molecule has 5 nitrogen and oxygen atoms in total. The fourth-order valence-electron chi connectivity index (χ4n) is 3.69. The number of benzene rings is 2. The lowest BCUT2D eigenvalue weighted by Gasteiger charge is -2.29. The van der Waals surface area contributed by atoms with E-state index in [2.05, 4.69) is 9.88 Å². The summed E-state index contributed by atoms with van der Waals surface area (Å²) in [6.45, 7) is 5.99. The van der Waals surface area contributed by atoms with Gasteiger partial charge in [-0.25, -0.2) is 0 Å². The minimum Gasteiger partial charge on any atom is -0.318 e. The van der Waals surface area contributed by atoms with Crippen molar-refractivity contribution in [2.75, 3.05) is 4.90 Å². The van der Waals surface area contributed by atoms with Gasteiger partial charge in [0.2, 0.25) is 0 Å². The summed E-state index contributed by atoms with van der Waals surface area (Å²) in [4.78, 5) is 27.1. The zero-order chi connectivity index (χ0) is 22.3. The number of carbonyl (C=O) groups is 2. The van der Waals surface area contributed by atoms with Gasteiger partial charge in [-0.05, 0) is 75.0 Å². The summed E-state index contributed by atoms with van der Waals surface area (Å²) in [6, 6.07) is 17.0. The van der Waals surface area contributed by atoms with Crippen LogP contribution in [0.15, 0.2) is 60.2 Å². The van der Waals surface area contributed by atoms with E-state index in [9.17, 15) is 9.59 Å². The molecule has 31 heavy (non-hydrogen) atoms.